The van der Waals surface area contributed by atoms with Crippen molar-refractivity contribution >= 4 is 27.5 Å². The predicted octanol–water partition coefficient (Wildman–Crippen LogP) is 3.04. The van der Waals surface area contributed by atoms with E-state index >= 15 is 0 Å². The van der Waals surface area contributed by atoms with Crippen LogP contribution in [-0.2, 0) is 10.0 Å². The zero-order valence-electron chi connectivity index (χ0n) is 18.2. The lowest BCUT2D eigenvalue weighted by atomic mass is 9.87. The monoisotopic (exact) mass is 496 g/mol. The van der Waals surface area contributed by atoms with Gasteiger partial charge < -0.3 is 10.2 Å². The normalized spacial score (nSPS) is 13.8. The Morgan fingerprint density at radius 1 is 1.27 bits per heavy atom. The van der Waals surface area contributed by atoms with Crippen LogP contribution in [0.3, 0.4) is 0 Å². The molecule has 0 aliphatic rings. The van der Waals surface area contributed by atoms with E-state index in [1.54, 1.807) is 26.8 Å². The number of carbonyl (C=O) groups excluding carboxylic acids is 1. The number of nitrogens with two attached hydrogens (primary N) is 1. The molecule has 3 aromatic rings. The molecule has 0 unspecified atom stereocenters. The van der Waals surface area contributed by atoms with Crippen molar-refractivity contribution in [2.45, 2.75) is 37.6 Å². The van der Waals surface area contributed by atoms with Crippen LogP contribution in [0.25, 0.3) is 0 Å². The zero-order chi connectivity index (χ0) is 24.7. The van der Waals surface area contributed by atoms with Crippen molar-refractivity contribution < 1.29 is 22.0 Å². The molecule has 3 N–H and O–H groups in total. The van der Waals surface area contributed by atoms with Crippen molar-refractivity contribution in [1.29, 1.82) is 0 Å². The molecule has 0 fully saturated rings. The van der Waals surface area contributed by atoms with Gasteiger partial charge in [-0.3, -0.25) is 4.79 Å². The van der Waals surface area contributed by atoms with Crippen molar-refractivity contribution in [3.8, 4) is 0 Å². The molecule has 0 aliphatic carbocycles. The Kier molecular flexibility index (Phi) is 6.78. The Hall–Kier alpha value is -3.02. The first-order valence-corrected chi connectivity index (χ1v) is 11.6. The van der Waals surface area contributed by atoms with Crippen LogP contribution in [0.1, 0.15) is 51.8 Å². The highest BCUT2D eigenvalue weighted by molar-refractivity contribution is 7.89. The number of benzene rings is 2. The minimum atomic E-state index is -4.42. The van der Waals surface area contributed by atoms with Crippen molar-refractivity contribution in [3.05, 3.63) is 79.9 Å². The van der Waals surface area contributed by atoms with Crippen LogP contribution in [0, 0.1) is 19.7 Å². The van der Waals surface area contributed by atoms with E-state index in [4.69, 9.17) is 21.8 Å². The third kappa shape index (κ3) is 4.56. The lowest BCUT2D eigenvalue weighted by molar-refractivity contribution is 0.0997. The lowest BCUT2D eigenvalue weighted by Crippen LogP contribution is -2.36. The molecular weight excluding hydrogens is 475 g/mol. The second kappa shape index (κ2) is 9.08. The fourth-order valence-corrected chi connectivity index (χ4v) is 5.53. The fourth-order valence-electron chi connectivity index (χ4n) is 3.80. The Morgan fingerprint density at radius 3 is 2.52 bits per heavy atom. The van der Waals surface area contributed by atoms with Crippen molar-refractivity contribution in [1.82, 2.24) is 14.5 Å². The van der Waals surface area contributed by atoms with Gasteiger partial charge in [0.25, 0.3) is 0 Å². The first-order valence-electron chi connectivity index (χ1n) is 9.74. The number of hydrogen-bond donors (Lipinski definition) is 2. The van der Waals surface area contributed by atoms with E-state index in [0.29, 0.717) is 5.56 Å². The summed E-state index contributed by atoms with van der Waals surface area (Å²) in [5, 5.41) is 6.02. The summed E-state index contributed by atoms with van der Waals surface area (Å²) >= 11 is 5.91. The van der Waals surface area contributed by atoms with Gasteiger partial charge in [0.1, 0.15) is 11.9 Å². The Morgan fingerprint density at radius 2 is 1.94 bits per heavy atom. The number of H-pyrrole nitrogens is 1. The molecule has 2 aromatic carbocycles. The number of amides is 1. The molecule has 1 amide bonds. The molecule has 0 bridgehead atoms. The topological polar surface area (TPSA) is 139 Å². The number of primary amides is 1. The minimum Gasteiger partial charge on any atom is -0.391 e. The maximum absolute atomic E-state index is 14.9. The number of aromatic nitrogens is 2. The molecule has 1 aromatic heterocycles. The Balaban J connectivity index is 2.22. The van der Waals surface area contributed by atoms with Crippen molar-refractivity contribution in [2.24, 2.45) is 5.73 Å². The SMILES string of the molecule is Cc1ccc(F)c([C@@H](C)[C@@H](c2n[nH]c(=O)o2)N(C)S(=O)(=O)c2ccc(Cl)cc2C(N)=O)c1C. The standard InChI is InChI=1S/C21H22ClFN4O5S/c1-10-5-7-15(23)17(11(10)2)12(3)18(20-25-26-21(29)32-20)27(4)33(30,31)16-8-6-13(22)9-14(16)19(24)28/h5-9,12,18H,1-4H3,(H2,24,28)(H,26,29)/t12-,18+/m1/s1. The molecule has 2 atom stereocenters. The maximum atomic E-state index is 14.9. The van der Waals surface area contributed by atoms with Gasteiger partial charge in [-0.2, -0.15) is 4.31 Å². The first kappa shape index (κ1) is 24.6. The van der Waals surface area contributed by atoms with Gasteiger partial charge in [0.15, 0.2) is 0 Å². The van der Waals surface area contributed by atoms with Gasteiger partial charge in [0.2, 0.25) is 21.8 Å². The van der Waals surface area contributed by atoms with Crippen LogP contribution < -0.4 is 11.5 Å². The number of rotatable bonds is 7. The Labute approximate surface area is 194 Å². The number of nitrogens with zero attached hydrogens (tertiary/aromatic N) is 2. The van der Waals surface area contributed by atoms with Gasteiger partial charge >= 0.3 is 5.76 Å². The highest BCUT2D eigenvalue weighted by Gasteiger charge is 2.39. The van der Waals surface area contributed by atoms with Crippen molar-refractivity contribution in [3.63, 3.8) is 0 Å². The number of nitrogens with one attached hydrogen (secondary N) is 1. The van der Waals surface area contributed by atoms with Gasteiger partial charge in [-0.1, -0.05) is 24.6 Å². The van der Waals surface area contributed by atoms with Crippen molar-refractivity contribution in [2.75, 3.05) is 7.05 Å². The van der Waals surface area contributed by atoms with E-state index < -0.39 is 44.4 Å². The second-order valence-corrected chi connectivity index (χ2v) is 10.0. The molecule has 0 saturated heterocycles. The van der Waals surface area contributed by atoms with Crippen LogP contribution in [0.5, 0.6) is 0 Å². The number of hydrogen-bond acceptors (Lipinski definition) is 6. The summed E-state index contributed by atoms with van der Waals surface area (Å²) in [7, 11) is -3.21. The van der Waals surface area contributed by atoms with E-state index in [2.05, 4.69) is 10.2 Å². The summed E-state index contributed by atoms with van der Waals surface area (Å²) in [4.78, 5) is 23.2. The molecule has 0 radical (unpaired) electrons. The van der Waals surface area contributed by atoms with Crippen LogP contribution in [0.2, 0.25) is 5.02 Å². The third-order valence-electron chi connectivity index (χ3n) is 5.62. The summed E-state index contributed by atoms with van der Waals surface area (Å²) in [6.45, 7) is 5.09. The molecule has 176 valence electrons. The Bertz CT molecular complexity index is 1390. The van der Waals surface area contributed by atoms with Crippen LogP contribution in [0.4, 0.5) is 4.39 Å². The highest BCUT2D eigenvalue weighted by atomic mass is 35.5. The molecule has 33 heavy (non-hydrogen) atoms. The van der Waals surface area contributed by atoms with Gasteiger partial charge in [0, 0.05) is 18.0 Å². The average molecular weight is 497 g/mol. The minimum absolute atomic E-state index is 0.117. The summed E-state index contributed by atoms with van der Waals surface area (Å²) in [5.74, 6) is -3.57. The van der Waals surface area contributed by atoms with E-state index in [1.807, 2.05) is 0 Å². The third-order valence-corrected chi connectivity index (χ3v) is 7.76. The molecule has 0 saturated carbocycles. The van der Waals surface area contributed by atoms with Gasteiger partial charge in [-0.25, -0.2) is 22.7 Å². The fraction of sp³-hybridized carbons (Fsp3) is 0.286. The summed E-state index contributed by atoms with van der Waals surface area (Å²) < 4.78 is 48.0. The molecular formula is C21H22ClFN4O5S. The molecule has 1 heterocycles. The van der Waals surface area contributed by atoms with E-state index in [-0.39, 0.29) is 22.0 Å². The number of aryl methyl sites for hydroxylation is 1. The smallest absolute Gasteiger partial charge is 0.391 e. The number of aromatic amines is 1. The summed E-state index contributed by atoms with van der Waals surface area (Å²) in [6, 6.07) is 5.23. The zero-order valence-corrected chi connectivity index (χ0v) is 19.8. The number of sulfonamides is 1. The largest absolute Gasteiger partial charge is 0.434 e. The molecule has 3 rings (SSSR count). The molecule has 12 heteroatoms. The maximum Gasteiger partial charge on any atom is 0.434 e. The molecule has 0 spiro atoms. The lowest BCUT2D eigenvalue weighted by Gasteiger charge is -2.31. The number of carbonyl (C=O) groups is 1. The van der Waals surface area contributed by atoms with E-state index in [9.17, 15) is 22.4 Å². The van der Waals surface area contributed by atoms with Gasteiger partial charge in [-0.05, 0) is 54.8 Å². The van der Waals surface area contributed by atoms with Crippen LogP contribution >= 0.6 is 11.6 Å². The van der Waals surface area contributed by atoms with Gasteiger partial charge in [0.05, 0.1) is 10.5 Å². The quantitative estimate of drug-likeness (QED) is 0.515. The van der Waals surface area contributed by atoms with Crippen LogP contribution in [-0.4, -0.2) is 35.9 Å². The predicted molar refractivity (Wildman–Crippen MR) is 119 cm³/mol. The summed E-state index contributed by atoms with van der Waals surface area (Å²) in [6.07, 6.45) is 0. The summed E-state index contributed by atoms with van der Waals surface area (Å²) in [5.41, 5.74) is 6.69. The van der Waals surface area contributed by atoms with E-state index in [0.717, 1.165) is 22.0 Å². The molecule has 0 aliphatic heterocycles. The van der Waals surface area contributed by atoms with E-state index in [1.165, 1.54) is 19.2 Å². The van der Waals surface area contributed by atoms with Gasteiger partial charge in [-0.15, -0.1) is 5.10 Å². The molecule has 9 nitrogen and oxygen atoms in total. The highest BCUT2D eigenvalue weighted by Crippen LogP contribution is 2.40. The average Bonchev–Trinajstić information content (AvgIpc) is 3.16. The number of halogens is 2. The van der Waals surface area contributed by atoms with Crippen LogP contribution in [0.15, 0.2) is 44.4 Å². The first-order chi connectivity index (χ1) is 15.4. The second-order valence-electron chi connectivity index (χ2n) is 7.61. The number of likely N-dealkylation sites (N-methyl/N-ethyl adjacent to an activating group) is 1.